The Labute approximate surface area is 145 Å². The molecule has 5 nitrogen and oxygen atoms in total. The lowest BCUT2D eigenvalue weighted by atomic mass is 10.0. The maximum absolute atomic E-state index is 11.5. The fourth-order valence-corrected chi connectivity index (χ4v) is 2.48. The summed E-state index contributed by atoms with van der Waals surface area (Å²) in [5, 5.41) is 9.39. The van der Waals surface area contributed by atoms with Crippen molar-refractivity contribution in [2.45, 2.75) is 6.61 Å². The van der Waals surface area contributed by atoms with Gasteiger partial charge in [-0.1, -0.05) is 30.3 Å². The molecule has 0 aliphatic heterocycles. The number of benzene rings is 2. The van der Waals surface area contributed by atoms with Crippen LogP contribution in [0.15, 0.2) is 67.0 Å². The smallest absolute Gasteiger partial charge is 0.335 e. The summed E-state index contributed by atoms with van der Waals surface area (Å²) >= 11 is 0. The highest BCUT2D eigenvalue weighted by Crippen LogP contribution is 2.32. The number of methoxy groups -OCH3 is 1. The summed E-state index contributed by atoms with van der Waals surface area (Å²) in [5.74, 6) is 0.0745. The minimum atomic E-state index is -1.02. The maximum atomic E-state index is 11.5. The minimum absolute atomic E-state index is 0.145. The largest absolute Gasteiger partial charge is 0.496 e. The molecule has 126 valence electrons. The van der Waals surface area contributed by atoms with E-state index in [9.17, 15) is 9.90 Å². The van der Waals surface area contributed by atoms with Crippen LogP contribution in [0.2, 0.25) is 0 Å². The first-order valence-corrected chi connectivity index (χ1v) is 7.71. The molecular formula is C20H17NO4. The number of carbonyl (C=O) groups is 1. The van der Waals surface area contributed by atoms with Crippen LogP contribution in [0, 0.1) is 0 Å². The highest BCUT2D eigenvalue weighted by atomic mass is 16.5. The Morgan fingerprint density at radius 3 is 2.64 bits per heavy atom. The van der Waals surface area contributed by atoms with Gasteiger partial charge in [0.15, 0.2) is 0 Å². The standard InChI is InChI=1S/C20H17NO4/c1-24-19-7-8-21-12-18(19)15-9-16(20(22)23)11-17(10-15)25-13-14-5-3-2-4-6-14/h2-12H,13H2,1H3,(H,22,23). The molecule has 0 aliphatic rings. The second-order valence-electron chi connectivity index (χ2n) is 5.40. The highest BCUT2D eigenvalue weighted by molar-refractivity contribution is 5.90. The van der Waals surface area contributed by atoms with E-state index in [1.54, 1.807) is 37.7 Å². The van der Waals surface area contributed by atoms with Crippen LogP contribution in [-0.2, 0) is 6.61 Å². The number of carboxylic acids is 1. The second-order valence-corrected chi connectivity index (χ2v) is 5.40. The molecule has 0 saturated heterocycles. The monoisotopic (exact) mass is 335 g/mol. The summed E-state index contributed by atoms with van der Waals surface area (Å²) in [7, 11) is 1.56. The van der Waals surface area contributed by atoms with Gasteiger partial charge in [-0.05, 0) is 35.4 Å². The van der Waals surface area contributed by atoms with Crippen molar-refractivity contribution < 1.29 is 19.4 Å². The molecular weight excluding hydrogens is 318 g/mol. The number of aromatic nitrogens is 1. The van der Waals surface area contributed by atoms with Crippen LogP contribution in [0.25, 0.3) is 11.1 Å². The van der Waals surface area contributed by atoms with Crippen molar-refractivity contribution in [3.8, 4) is 22.6 Å². The Morgan fingerprint density at radius 2 is 1.92 bits per heavy atom. The minimum Gasteiger partial charge on any atom is -0.496 e. The molecule has 3 rings (SSSR count). The Morgan fingerprint density at radius 1 is 1.12 bits per heavy atom. The van der Waals surface area contributed by atoms with Crippen LogP contribution in [0.1, 0.15) is 15.9 Å². The van der Waals surface area contributed by atoms with Crippen molar-refractivity contribution in [1.29, 1.82) is 0 Å². The average Bonchev–Trinajstić information content (AvgIpc) is 2.67. The molecule has 0 atom stereocenters. The Kier molecular flexibility index (Phi) is 4.95. The van der Waals surface area contributed by atoms with Crippen molar-refractivity contribution in [2.24, 2.45) is 0 Å². The van der Waals surface area contributed by atoms with Gasteiger partial charge in [-0.3, -0.25) is 4.98 Å². The van der Waals surface area contributed by atoms with E-state index in [2.05, 4.69) is 4.98 Å². The maximum Gasteiger partial charge on any atom is 0.335 e. The van der Waals surface area contributed by atoms with Gasteiger partial charge in [0.25, 0.3) is 0 Å². The zero-order valence-electron chi connectivity index (χ0n) is 13.7. The number of hydrogen-bond donors (Lipinski definition) is 1. The predicted molar refractivity (Wildman–Crippen MR) is 94.0 cm³/mol. The zero-order chi connectivity index (χ0) is 17.6. The number of carboxylic acid groups (broad SMARTS) is 1. The van der Waals surface area contributed by atoms with Crippen LogP contribution in [0.5, 0.6) is 11.5 Å². The average molecular weight is 335 g/mol. The van der Waals surface area contributed by atoms with Crippen LogP contribution >= 0.6 is 0 Å². The molecule has 1 aromatic heterocycles. The third-order valence-corrected chi connectivity index (χ3v) is 3.71. The molecule has 0 saturated carbocycles. The molecule has 5 heteroatoms. The van der Waals surface area contributed by atoms with Crippen LogP contribution in [0.4, 0.5) is 0 Å². The lowest BCUT2D eigenvalue weighted by Crippen LogP contribution is -2.01. The summed E-state index contributed by atoms with van der Waals surface area (Å²) in [6.45, 7) is 0.355. The van der Waals surface area contributed by atoms with E-state index >= 15 is 0 Å². The van der Waals surface area contributed by atoms with Crippen molar-refractivity contribution >= 4 is 5.97 Å². The number of ether oxygens (including phenoxy) is 2. The summed E-state index contributed by atoms with van der Waals surface area (Å²) in [6, 6.07) is 16.3. The van der Waals surface area contributed by atoms with E-state index in [0.717, 1.165) is 5.56 Å². The van der Waals surface area contributed by atoms with E-state index in [1.165, 1.54) is 6.07 Å². The van der Waals surface area contributed by atoms with Gasteiger partial charge in [-0.15, -0.1) is 0 Å². The second kappa shape index (κ2) is 7.49. The van der Waals surface area contributed by atoms with Gasteiger partial charge in [0.2, 0.25) is 0 Å². The van der Waals surface area contributed by atoms with Gasteiger partial charge < -0.3 is 14.6 Å². The number of aromatic carboxylic acids is 1. The van der Waals surface area contributed by atoms with Crippen LogP contribution in [0.3, 0.4) is 0 Å². The number of pyridine rings is 1. The first kappa shape index (κ1) is 16.5. The number of nitrogens with zero attached hydrogens (tertiary/aromatic N) is 1. The van der Waals surface area contributed by atoms with E-state index in [1.807, 2.05) is 30.3 Å². The van der Waals surface area contributed by atoms with Crippen molar-refractivity contribution in [2.75, 3.05) is 7.11 Å². The van der Waals surface area contributed by atoms with Crippen LogP contribution < -0.4 is 9.47 Å². The molecule has 1 heterocycles. The summed E-state index contributed by atoms with van der Waals surface area (Å²) in [6.07, 6.45) is 3.26. The summed E-state index contributed by atoms with van der Waals surface area (Å²) in [4.78, 5) is 15.6. The fraction of sp³-hybridized carbons (Fsp3) is 0.100. The van der Waals surface area contributed by atoms with Gasteiger partial charge in [0.1, 0.15) is 18.1 Å². The topological polar surface area (TPSA) is 68.7 Å². The van der Waals surface area contributed by atoms with Crippen molar-refractivity contribution in [1.82, 2.24) is 4.98 Å². The van der Waals surface area contributed by atoms with Gasteiger partial charge in [-0.25, -0.2) is 4.79 Å². The third kappa shape index (κ3) is 3.95. The van der Waals surface area contributed by atoms with E-state index in [0.29, 0.717) is 29.2 Å². The normalized spacial score (nSPS) is 10.3. The highest BCUT2D eigenvalue weighted by Gasteiger charge is 2.12. The molecule has 2 aromatic carbocycles. The molecule has 0 unspecified atom stereocenters. The fourth-order valence-electron chi connectivity index (χ4n) is 2.48. The van der Waals surface area contributed by atoms with Gasteiger partial charge in [0.05, 0.1) is 12.7 Å². The first-order chi connectivity index (χ1) is 12.2. The molecule has 1 N–H and O–H groups in total. The van der Waals surface area contributed by atoms with Gasteiger partial charge in [0, 0.05) is 18.0 Å². The summed E-state index contributed by atoms with van der Waals surface area (Å²) in [5.41, 5.74) is 2.53. The first-order valence-electron chi connectivity index (χ1n) is 7.71. The van der Waals surface area contributed by atoms with E-state index in [-0.39, 0.29) is 5.56 Å². The number of hydrogen-bond acceptors (Lipinski definition) is 4. The lowest BCUT2D eigenvalue weighted by molar-refractivity contribution is 0.0696. The zero-order valence-corrected chi connectivity index (χ0v) is 13.7. The van der Waals surface area contributed by atoms with Crippen molar-refractivity contribution in [3.05, 3.63) is 78.1 Å². The molecule has 0 fully saturated rings. The predicted octanol–water partition coefficient (Wildman–Crippen LogP) is 4.03. The quantitative estimate of drug-likeness (QED) is 0.736. The molecule has 0 bridgehead atoms. The lowest BCUT2D eigenvalue weighted by Gasteiger charge is -2.12. The van der Waals surface area contributed by atoms with Gasteiger partial charge in [-0.2, -0.15) is 0 Å². The third-order valence-electron chi connectivity index (χ3n) is 3.71. The SMILES string of the molecule is COc1ccncc1-c1cc(OCc2ccccc2)cc(C(=O)O)c1. The van der Waals surface area contributed by atoms with Gasteiger partial charge >= 0.3 is 5.97 Å². The summed E-state index contributed by atoms with van der Waals surface area (Å²) < 4.78 is 11.1. The van der Waals surface area contributed by atoms with Crippen molar-refractivity contribution in [3.63, 3.8) is 0 Å². The Hall–Kier alpha value is -3.34. The molecule has 3 aromatic rings. The number of rotatable bonds is 6. The van der Waals surface area contributed by atoms with E-state index in [4.69, 9.17) is 9.47 Å². The molecule has 0 spiro atoms. The Bertz CT molecular complexity index is 878. The molecule has 0 radical (unpaired) electrons. The van der Waals surface area contributed by atoms with E-state index < -0.39 is 5.97 Å². The Balaban J connectivity index is 1.96. The van der Waals surface area contributed by atoms with Crippen LogP contribution in [-0.4, -0.2) is 23.2 Å². The molecule has 0 aliphatic carbocycles. The molecule has 25 heavy (non-hydrogen) atoms. The molecule has 0 amide bonds.